The first-order valence-corrected chi connectivity index (χ1v) is 6.90. The number of aromatic nitrogens is 2. The van der Waals surface area contributed by atoms with Crippen molar-refractivity contribution in [2.24, 2.45) is 0 Å². The molecule has 0 spiro atoms. The molecule has 2 rings (SSSR count). The second kappa shape index (κ2) is 6.22. The van der Waals surface area contributed by atoms with Crippen molar-refractivity contribution in [1.29, 1.82) is 0 Å². The highest BCUT2D eigenvalue weighted by molar-refractivity contribution is 6.31. The van der Waals surface area contributed by atoms with Crippen molar-refractivity contribution in [1.82, 2.24) is 9.97 Å². The molecular formula is C14H15Cl2N3. The third-order valence-corrected chi connectivity index (χ3v) is 3.40. The average Bonchev–Trinajstić information content (AvgIpc) is 2.37. The van der Waals surface area contributed by atoms with Crippen LogP contribution in [-0.2, 0) is 6.42 Å². The topological polar surface area (TPSA) is 37.8 Å². The second-order valence-corrected chi connectivity index (χ2v) is 5.12. The highest BCUT2D eigenvalue weighted by Crippen LogP contribution is 2.27. The third-order valence-electron chi connectivity index (χ3n) is 2.83. The molecule has 0 saturated heterocycles. The smallest absolute Gasteiger partial charge is 0.138 e. The SMILES string of the molecule is CCCc1c(Cl)ncnc1Nc1ccc(Cl)cc1C. The normalized spacial score (nSPS) is 10.5. The van der Waals surface area contributed by atoms with Crippen LogP contribution in [0.5, 0.6) is 0 Å². The minimum atomic E-state index is 0.506. The number of hydrogen-bond donors (Lipinski definition) is 1. The van der Waals surface area contributed by atoms with Gasteiger partial charge in [-0.15, -0.1) is 0 Å². The quantitative estimate of drug-likeness (QED) is 0.824. The Bertz CT molecular complexity index is 585. The Morgan fingerprint density at radius 2 is 2.00 bits per heavy atom. The Labute approximate surface area is 123 Å². The van der Waals surface area contributed by atoms with Crippen molar-refractivity contribution in [3.63, 3.8) is 0 Å². The van der Waals surface area contributed by atoms with Gasteiger partial charge in [-0.25, -0.2) is 9.97 Å². The molecule has 1 aromatic heterocycles. The predicted molar refractivity (Wildman–Crippen MR) is 80.5 cm³/mol. The zero-order valence-electron chi connectivity index (χ0n) is 10.9. The summed E-state index contributed by atoms with van der Waals surface area (Å²) >= 11 is 12.1. The molecule has 19 heavy (non-hydrogen) atoms. The average molecular weight is 296 g/mol. The molecule has 5 heteroatoms. The summed E-state index contributed by atoms with van der Waals surface area (Å²) in [5.41, 5.74) is 2.97. The highest BCUT2D eigenvalue weighted by Gasteiger charge is 2.10. The number of aryl methyl sites for hydroxylation is 1. The molecule has 0 radical (unpaired) electrons. The zero-order chi connectivity index (χ0) is 13.8. The van der Waals surface area contributed by atoms with Crippen LogP contribution in [0.4, 0.5) is 11.5 Å². The fraction of sp³-hybridized carbons (Fsp3) is 0.286. The van der Waals surface area contributed by atoms with Crippen molar-refractivity contribution in [2.75, 3.05) is 5.32 Å². The van der Waals surface area contributed by atoms with Crippen molar-refractivity contribution < 1.29 is 0 Å². The predicted octanol–water partition coefficient (Wildman–Crippen LogP) is 4.79. The summed E-state index contributed by atoms with van der Waals surface area (Å²) in [5, 5.41) is 4.52. The molecule has 0 bridgehead atoms. The number of nitrogens with zero attached hydrogens (tertiary/aromatic N) is 2. The van der Waals surface area contributed by atoms with Crippen molar-refractivity contribution in [3.8, 4) is 0 Å². The van der Waals surface area contributed by atoms with Crippen LogP contribution in [0, 0.1) is 6.92 Å². The number of hydrogen-bond acceptors (Lipinski definition) is 3. The van der Waals surface area contributed by atoms with Gasteiger partial charge in [0.1, 0.15) is 17.3 Å². The van der Waals surface area contributed by atoms with E-state index < -0.39 is 0 Å². The molecule has 0 aliphatic rings. The minimum Gasteiger partial charge on any atom is -0.340 e. The van der Waals surface area contributed by atoms with Crippen LogP contribution in [-0.4, -0.2) is 9.97 Å². The van der Waals surface area contributed by atoms with Gasteiger partial charge in [-0.1, -0.05) is 36.5 Å². The first-order chi connectivity index (χ1) is 9.11. The van der Waals surface area contributed by atoms with Gasteiger partial charge in [0, 0.05) is 16.3 Å². The van der Waals surface area contributed by atoms with Gasteiger partial charge in [-0.05, 0) is 37.1 Å². The lowest BCUT2D eigenvalue weighted by Crippen LogP contribution is -2.02. The van der Waals surface area contributed by atoms with Crippen LogP contribution >= 0.6 is 23.2 Å². The molecule has 0 saturated carbocycles. The maximum atomic E-state index is 6.13. The lowest BCUT2D eigenvalue weighted by atomic mass is 10.1. The van der Waals surface area contributed by atoms with E-state index >= 15 is 0 Å². The number of halogens is 2. The van der Waals surface area contributed by atoms with E-state index in [0.717, 1.165) is 40.5 Å². The van der Waals surface area contributed by atoms with E-state index in [9.17, 15) is 0 Å². The summed E-state index contributed by atoms with van der Waals surface area (Å²) in [6.45, 7) is 4.09. The number of rotatable bonds is 4. The second-order valence-electron chi connectivity index (χ2n) is 4.33. The van der Waals surface area contributed by atoms with Crippen LogP contribution in [0.25, 0.3) is 0 Å². The van der Waals surface area contributed by atoms with Crippen LogP contribution < -0.4 is 5.32 Å². The third kappa shape index (κ3) is 3.37. The van der Waals surface area contributed by atoms with E-state index in [1.807, 2.05) is 25.1 Å². The lowest BCUT2D eigenvalue weighted by molar-refractivity contribution is 0.904. The van der Waals surface area contributed by atoms with Crippen LogP contribution in [0.3, 0.4) is 0 Å². The molecule has 0 fully saturated rings. The van der Waals surface area contributed by atoms with Gasteiger partial charge >= 0.3 is 0 Å². The summed E-state index contributed by atoms with van der Waals surface area (Å²) < 4.78 is 0. The monoisotopic (exact) mass is 295 g/mol. The minimum absolute atomic E-state index is 0.506. The standard InChI is InChI=1S/C14H15Cl2N3/c1-3-4-11-13(16)17-8-18-14(11)19-12-6-5-10(15)7-9(12)2/h5-8H,3-4H2,1-2H3,(H,17,18,19). The van der Waals surface area contributed by atoms with Crippen LogP contribution in [0.15, 0.2) is 24.5 Å². The molecule has 3 nitrogen and oxygen atoms in total. The summed E-state index contributed by atoms with van der Waals surface area (Å²) in [6, 6.07) is 5.69. The summed E-state index contributed by atoms with van der Waals surface area (Å²) in [6.07, 6.45) is 3.30. The van der Waals surface area contributed by atoms with Crippen LogP contribution in [0.2, 0.25) is 10.2 Å². The van der Waals surface area contributed by atoms with E-state index in [-0.39, 0.29) is 0 Å². The lowest BCUT2D eigenvalue weighted by Gasteiger charge is -2.13. The molecule has 1 heterocycles. The first-order valence-electron chi connectivity index (χ1n) is 6.14. The Kier molecular flexibility index (Phi) is 4.61. The Morgan fingerprint density at radius 3 is 2.68 bits per heavy atom. The largest absolute Gasteiger partial charge is 0.340 e. The maximum absolute atomic E-state index is 6.13. The molecule has 0 amide bonds. The van der Waals surface area contributed by atoms with Gasteiger partial charge in [0.05, 0.1) is 0 Å². The van der Waals surface area contributed by atoms with Gasteiger partial charge in [-0.3, -0.25) is 0 Å². The van der Waals surface area contributed by atoms with Crippen molar-refractivity contribution in [2.45, 2.75) is 26.7 Å². The van der Waals surface area contributed by atoms with E-state index in [2.05, 4.69) is 22.2 Å². The number of nitrogens with one attached hydrogen (secondary N) is 1. The fourth-order valence-electron chi connectivity index (χ4n) is 1.86. The zero-order valence-corrected chi connectivity index (χ0v) is 12.4. The molecule has 0 unspecified atom stereocenters. The van der Waals surface area contributed by atoms with Gasteiger partial charge in [0.25, 0.3) is 0 Å². The Balaban J connectivity index is 2.35. The fourth-order valence-corrected chi connectivity index (χ4v) is 2.32. The molecule has 0 atom stereocenters. The van der Waals surface area contributed by atoms with Gasteiger partial charge in [0.15, 0.2) is 0 Å². The van der Waals surface area contributed by atoms with Crippen LogP contribution in [0.1, 0.15) is 24.5 Å². The molecular weight excluding hydrogens is 281 g/mol. The van der Waals surface area contributed by atoms with Crippen molar-refractivity contribution >= 4 is 34.7 Å². The number of benzene rings is 1. The summed E-state index contributed by atoms with van der Waals surface area (Å²) in [7, 11) is 0. The molecule has 1 aromatic carbocycles. The highest BCUT2D eigenvalue weighted by atomic mass is 35.5. The van der Waals surface area contributed by atoms with E-state index in [1.165, 1.54) is 6.33 Å². The summed E-state index contributed by atoms with van der Waals surface area (Å²) in [4.78, 5) is 8.31. The van der Waals surface area contributed by atoms with Gasteiger partial charge in [-0.2, -0.15) is 0 Å². The molecule has 0 aliphatic carbocycles. The molecule has 1 N–H and O–H groups in total. The Hall–Kier alpha value is -1.32. The first kappa shape index (κ1) is 14.1. The Morgan fingerprint density at radius 1 is 1.21 bits per heavy atom. The number of anilines is 2. The van der Waals surface area contributed by atoms with E-state index in [1.54, 1.807) is 0 Å². The summed E-state index contributed by atoms with van der Waals surface area (Å²) in [5.74, 6) is 0.757. The molecule has 100 valence electrons. The van der Waals surface area contributed by atoms with Gasteiger partial charge < -0.3 is 5.32 Å². The van der Waals surface area contributed by atoms with E-state index in [4.69, 9.17) is 23.2 Å². The molecule has 0 aliphatic heterocycles. The van der Waals surface area contributed by atoms with Gasteiger partial charge in [0.2, 0.25) is 0 Å². The maximum Gasteiger partial charge on any atom is 0.138 e. The van der Waals surface area contributed by atoms with E-state index in [0.29, 0.717) is 5.15 Å². The van der Waals surface area contributed by atoms with Crippen molar-refractivity contribution in [3.05, 3.63) is 45.8 Å². The molecule has 2 aromatic rings.